The number of ether oxygens (including phenoxy) is 1. The highest BCUT2D eigenvalue weighted by molar-refractivity contribution is 7.29. The van der Waals surface area contributed by atoms with Crippen molar-refractivity contribution in [2.45, 2.75) is 6.54 Å². The third-order valence-corrected chi connectivity index (χ3v) is 2.45. The van der Waals surface area contributed by atoms with Gasteiger partial charge in [-0.1, -0.05) is 0 Å². The molecule has 0 bridgehead atoms. The lowest BCUT2D eigenvalue weighted by atomic mass is 10.4. The van der Waals surface area contributed by atoms with Gasteiger partial charge in [-0.05, 0) is 14.9 Å². The number of hydrogen-bond acceptors (Lipinski definition) is 5. The van der Waals surface area contributed by atoms with Gasteiger partial charge in [-0.3, -0.25) is 4.57 Å². The molecule has 7 heteroatoms. The quantitative estimate of drug-likeness (QED) is 0.528. The maximum atomic E-state index is 11.5. The molecule has 0 spiro atoms. The van der Waals surface area contributed by atoms with Crippen LogP contribution >= 0.6 is 8.81 Å². The number of hydrogen-bond donors (Lipinski definition) is 0. The molecule has 16 heavy (non-hydrogen) atoms. The van der Waals surface area contributed by atoms with E-state index in [9.17, 15) is 9.69 Å². The van der Waals surface area contributed by atoms with E-state index < -0.39 is 8.81 Å². The van der Waals surface area contributed by atoms with Crippen LogP contribution < -0.4 is 10.6 Å². The van der Waals surface area contributed by atoms with Gasteiger partial charge in [0.25, 0.3) is 0 Å². The van der Waals surface area contributed by atoms with E-state index in [1.54, 1.807) is 12.3 Å². The average molecular weight is 242 g/mol. The van der Waals surface area contributed by atoms with Gasteiger partial charge in [0.15, 0.2) is 0 Å². The van der Waals surface area contributed by atoms with Crippen LogP contribution in [0.15, 0.2) is 27.7 Å². The van der Waals surface area contributed by atoms with Gasteiger partial charge in [-0.15, -0.1) is 0 Å². The van der Waals surface area contributed by atoms with Crippen molar-refractivity contribution in [1.29, 1.82) is 0 Å². The minimum atomic E-state index is -0.895. The molecular weight excluding hydrogens is 231 g/mol. The Morgan fingerprint density at radius 1 is 1.62 bits per heavy atom. The molecule has 0 saturated carbocycles. The summed E-state index contributed by atoms with van der Waals surface area (Å²) in [4.78, 5) is 25.5. The average Bonchev–Trinajstić information content (AvgIpc) is 2.71. The zero-order valence-electron chi connectivity index (χ0n) is 8.46. The first-order valence-electron chi connectivity index (χ1n) is 4.77. The molecule has 1 atom stereocenters. The molecule has 6 nitrogen and oxygen atoms in total. The fourth-order valence-electron chi connectivity index (χ4n) is 1.33. The van der Waals surface area contributed by atoms with Gasteiger partial charge < -0.3 is 14.0 Å². The van der Waals surface area contributed by atoms with E-state index in [1.807, 2.05) is 0 Å². The van der Waals surface area contributed by atoms with Gasteiger partial charge in [0, 0.05) is 6.20 Å². The third-order valence-electron chi connectivity index (χ3n) is 2.07. The Balaban J connectivity index is 2.11. The smallest absolute Gasteiger partial charge is 0.350 e. The summed E-state index contributed by atoms with van der Waals surface area (Å²) in [7, 11) is -0.895. The van der Waals surface area contributed by atoms with E-state index in [4.69, 9.17) is 9.15 Å². The van der Waals surface area contributed by atoms with Crippen molar-refractivity contribution in [2.24, 2.45) is 0 Å². The topological polar surface area (TPSA) is 80.3 Å². The number of aromatic nitrogens is 2. The number of rotatable bonds is 5. The molecule has 2 rings (SSSR count). The molecule has 0 radical (unpaired) electrons. The summed E-state index contributed by atoms with van der Waals surface area (Å²) in [5.74, 6) is 0. The molecular formula is C9H11N2O4P. The Morgan fingerprint density at radius 2 is 2.50 bits per heavy atom. The Hall–Kier alpha value is -1.23. The van der Waals surface area contributed by atoms with E-state index in [2.05, 4.69) is 4.98 Å². The van der Waals surface area contributed by atoms with E-state index >= 15 is 0 Å². The predicted octanol–water partition coefficient (Wildman–Crippen LogP) is -0.350. The van der Waals surface area contributed by atoms with Crippen molar-refractivity contribution in [3.05, 3.63) is 29.0 Å². The monoisotopic (exact) mass is 242 g/mol. The fourth-order valence-corrected chi connectivity index (χ4v) is 1.59. The van der Waals surface area contributed by atoms with Crippen LogP contribution in [0.25, 0.3) is 11.1 Å². The summed E-state index contributed by atoms with van der Waals surface area (Å²) in [6.45, 7) is 0.743. The van der Waals surface area contributed by atoms with Crippen molar-refractivity contribution in [2.75, 3.05) is 13.0 Å². The zero-order valence-corrected chi connectivity index (χ0v) is 9.61. The number of nitrogens with zero attached hydrogens (tertiary/aromatic N) is 2. The number of fused-ring (bicyclic) bond motifs is 1. The summed E-state index contributed by atoms with van der Waals surface area (Å²) >= 11 is 0. The van der Waals surface area contributed by atoms with Crippen molar-refractivity contribution in [3.8, 4) is 0 Å². The molecule has 2 heterocycles. The normalized spacial score (nSPS) is 11.8. The van der Waals surface area contributed by atoms with Crippen LogP contribution in [0.4, 0.5) is 0 Å². The molecule has 0 aliphatic rings. The highest BCUT2D eigenvalue weighted by Gasteiger charge is 2.03. The summed E-state index contributed by atoms with van der Waals surface area (Å²) in [6, 6.07) is 1.74. The second kappa shape index (κ2) is 5.21. The van der Waals surface area contributed by atoms with E-state index in [0.29, 0.717) is 18.9 Å². The molecule has 0 saturated heterocycles. The van der Waals surface area contributed by atoms with Crippen LogP contribution in [-0.4, -0.2) is 22.5 Å². The molecule has 0 aromatic carbocycles. The number of furan rings is 1. The molecule has 2 aromatic rings. The highest BCUT2D eigenvalue weighted by atomic mass is 31.1. The summed E-state index contributed by atoms with van der Waals surface area (Å²) in [5.41, 5.74) is -0.0355. The third kappa shape index (κ3) is 2.47. The Labute approximate surface area is 92.7 Å². The Kier molecular flexibility index (Phi) is 3.66. The lowest BCUT2D eigenvalue weighted by Gasteiger charge is -2.04. The molecule has 1 unspecified atom stereocenters. The van der Waals surface area contributed by atoms with Crippen molar-refractivity contribution in [3.63, 3.8) is 0 Å². The van der Waals surface area contributed by atoms with E-state index in [-0.39, 0.29) is 12.0 Å². The minimum Gasteiger partial charge on any atom is -0.681 e. The molecule has 0 aliphatic heterocycles. The van der Waals surface area contributed by atoms with Gasteiger partial charge in [0.1, 0.15) is 6.35 Å². The second-order valence-corrected chi connectivity index (χ2v) is 3.81. The first-order valence-corrected chi connectivity index (χ1v) is 6.06. The molecule has 2 aromatic heterocycles. The van der Waals surface area contributed by atoms with Gasteiger partial charge in [0.2, 0.25) is 5.71 Å². The van der Waals surface area contributed by atoms with E-state index in [1.165, 1.54) is 10.8 Å². The molecule has 0 fully saturated rings. The lowest BCUT2D eigenvalue weighted by Crippen LogP contribution is -2.24. The van der Waals surface area contributed by atoms with Crippen LogP contribution in [0.3, 0.4) is 0 Å². The summed E-state index contributed by atoms with van der Waals surface area (Å²) in [5, 5.41) is 0.772. The first-order chi connectivity index (χ1) is 7.81. The maximum Gasteiger partial charge on any atom is 0.350 e. The first kappa shape index (κ1) is 11.3. The van der Waals surface area contributed by atoms with Crippen molar-refractivity contribution < 1.29 is 14.0 Å². The SMILES string of the molecule is O=c1nc2occc2cn1CCOC[PH2+][O-]. The summed E-state index contributed by atoms with van der Waals surface area (Å²) in [6.07, 6.45) is 3.40. The summed E-state index contributed by atoms with van der Waals surface area (Å²) < 4.78 is 11.5. The predicted molar refractivity (Wildman–Crippen MR) is 58.8 cm³/mol. The Morgan fingerprint density at radius 3 is 3.31 bits per heavy atom. The largest absolute Gasteiger partial charge is 0.681 e. The highest BCUT2D eigenvalue weighted by Crippen LogP contribution is 2.08. The Bertz CT molecular complexity index is 521. The zero-order chi connectivity index (χ0) is 11.4. The van der Waals surface area contributed by atoms with Crippen LogP contribution in [0, 0.1) is 0 Å². The molecule has 0 amide bonds. The van der Waals surface area contributed by atoms with Crippen LogP contribution in [0.2, 0.25) is 0 Å². The van der Waals surface area contributed by atoms with Gasteiger partial charge >= 0.3 is 5.69 Å². The van der Waals surface area contributed by atoms with Crippen molar-refractivity contribution in [1.82, 2.24) is 9.55 Å². The second-order valence-electron chi connectivity index (χ2n) is 3.14. The molecule has 0 N–H and O–H groups in total. The van der Waals surface area contributed by atoms with Gasteiger partial charge in [0.05, 0.1) is 24.8 Å². The standard InChI is InChI=1S/C9H11N2O4P/c12-9-10-8-7(1-3-15-8)5-11(9)2-4-14-6-16-13/h1,3,5H,2,4,6,16H2. The van der Waals surface area contributed by atoms with Crippen LogP contribution in [-0.2, 0) is 11.3 Å². The lowest BCUT2D eigenvalue weighted by molar-refractivity contribution is -0.154. The minimum absolute atomic E-state index is 0.246. The van der Waals surface area contributed by atoms with Gasteiger partial charge in [-0.2, -0.15) is 4.98 Å². The molecule has 0 aliphatic carbocycles. The van der Waals surface area contributed by atoms with E-state index in [0.717, 1.165) is 5.39 Å². The van der Waals surface area contributed by atoms with Crippen LogP contribution in [0.1, 0.15) is 0 Å². The van der Waals surface area contributed by atoms with Gasteiger partial charge in [-0.25, -0.2) is 4.79 Å². The maximum absolute atomic E-state index is 11.5. The molecule has 86 valence electrons. The van der Waals surface area contributed by atoms with Crippen LogP contribution in [0.5, 0.6) is 0 Å². The van der Waals surface area contributed by atoms with Crippen molar-refractivity contribution >= 4 is 19.9 Å². The fraction of sp³-hybridized carbons (Fsp3) is 0.333.